The van der Waals surface area contributed by atoms with Gasteiger partial charge in [0.2, 0.25) is 0 Å². The molecule has 1 aliphatic rings. The number of methoxy groups -OCH3 is 1. The number of rotatable bonds is 5. The zero-order chi connectivity index (χ0) is 19.7. The number of esters is 1. The first-order valence-corrected chi connectivity index (χ1v) is 9.29. The number of anilines is 1. The summed E-state index contributed by atoms with van der Waals surface area (Å²) in [6.45, 7) is 0.404. The van der Waals surface area contributed by atoms with Crippen LogP contribution in [0.4, 0.5) is 5.69 Å². The Kier molecular flexibility index (Phi) is 4.84. The van der Waals surface area contributed by atoms with Gasteiger partial charge in [-0.2, -0.15) is 5.26 Å². The van der Waals surface area contributed by atoms with Crippen molar-refractivity contribution in [3.63, 3.8) is 0 Å². The van der Waals surface area contributed by atoms with Gasteiger partial charge in [-0.25, -0.2) is 4.79 Å². The normalized spacial score (nSPS) is 13.2. The van der Waals surface area contributed by atoms with Gasteiger partial charge in [-0.05, 0) is 43.2 Å². The molecule has 28 heavy (non-hydrogen) atoms. The van der Waals surface area contributed by atoms with E-state index < -0.39 is 0 Å². The average Bonchev–Trinajstić information content (AvgIpc) is 3.56. The van der Waals surface area contributed by atoms with E-state index in [0.717, 1.165) is 35.1 Å². The summed E-state index contributed by atoms with van der Waals surface area (Å²) in [4.78, 5) is 21.0. The molecule has 7 heteroatoms. The number of nitrogens with zero attached hydrogens (tertiary/aromatic N) is 3. The molecule has 6 nitrogen and oxygen atoms in total. The third kappa shape index (κ3) is 3.49. The lowest BCUT2D eigenvalue weighted by Gasteiger charge is -2.13. The molecule has 0 bridgehead atoms. The Hall–Kier alpha value is -3.17. The van der Waals surface area contributed by atoms with Gasteiger partial charge in [0.25, 0.3) is 0 Å². The Labute approximate surface area is 167 Å². The molecule has 0 atom stereocenters. The van der Waals surface area contributed by atoms with Crippen LogP contribution in [0.5, 0.6) is 0 Å². The fraction of sp³-hybridized carbons (Fsp3) is 0.238. The highest BCUT2D eigenvalue weighted by molar-refractivity contribution is 6.31. The molecular formula is C21H17ClN4O2. The third-order valence-electron chi connectivity index (χ3n) is 4.75. The topological polar surface area (TPSA) is 87.9 Å². The van der Waals surface area contributed by atoms with Gasteiger partial charge < -0.3 is 10.1 Å². The number of nitriles is 1. The zero-order valence-corrected chi connectivity index (χ0v) is 16.0. The first-order chi connectivity index (χ1) is 13.6. The molecule has 1 fully saturated rings. The quantitative estimate of drug-likeness (QED) is 0.646. The number of fused-ring (bicyclic) bond motifs is 1. The van der Waals surface area contributed by atoms with Crippen molar-refractivity contribution in [2.24, 2.45) is 0 Å². The predicted octanol–water partition coefficient (Wildman–Crippen LogP) is 4.43. The number of aromatic nitrogens is 2. The standard InChI is InChI=1S/C21H17ClN4O2/c1-28-21(27)16-6-5-15(26-20(16)12-2-3-12)11-25-19-13(9-23)10-24-18-7-4-14(22)8-17(18)19/h4-8,10,12H,2-3,11H2,1H3,(H,24,25). The maximum atomic E-state index is 12.0. The Morgan fingerprint density at radius 2 is 2.18 bits per heavy atom. The first-order valence-electron chi connectivity index (χ1n) is 8.91. The van der Waals surface area contributed by atoms with E-state index in [1.165, 1.54) is 7.11 Å². The summed E-state index contributed by atoms with van der Waals surface area (Å²) in [5.74, 6) is -0.0558. The molecule has 0 amide bonds. The molecule has 0 aliphatic heterocycles. The minimum atomic E-state index is -0.365. The second kappa shape index (κ2) is 7.45. The molecular weight excluding hydrogens is 376 g/mol. The van der Waals surface area contributed by atoms with E-state index in [0.29, 0.717) is 34.3 Å². The van der Waals surface area contributed by atoms with Crippen LogP contribution < -0.4 is 5.32 Å². The van der Waals surface area contributed by atoms with E-state index in [1.54, 1.807) is 30.5 Å². The van der Waals surface area contributed by atoms with Gasteiger partial charge in [-0.15, -0.1) is 0 Å². The summed E-state index contributed by atoms with van der Waals surface area (Å²) >= 11 is 6.13. The summed E-state index contributed by atoms with van der Waals surface area (Å²) in [5.41, 5.74) is 3.94. The van der Waals surface area contributed by atoms with E-state index in [-0.39, 0.29) is 5.97 Å². The third-order valence-corrected chi connectivity index (χ3v) is 4.98. The molecule has 140 valence electrons. The minimum Gasteiger partial charge on any atom is -0.465 e. The molecule has 4 rings (SSSR count). The van der Waals surface area contributed by atoms with Crippen molar-refractivity contribution in [3.8, 4) is 6.07 Å². The monoisotopic (exact) mass is 392 g/mol. The number of carbonyl (C=O) groups excluding carboxylic acids is 1. The molecule has 1 aromatic carbocycles. The Morgan fingerprint density at radius 1 is 1.36 bits per heavy atom. The highest BCUT2D eigenvalue weighted by Gasteiger charge is 2.30. The SMILES string of the molecule is COC(=O)c1ccc(CNc2c(C#N)cnc3ccc(Cl)cc23)nc1C1CC1. The van der Waals surface area contributed by atoms with E-state index in [2.05, 4.69) is 21.4 Å². The molecule has 0 saturated heterocycles. The van der Waals surface area contributed by atoms with E-state index in [9.17, 15) is 10.1 Å². The lowest BCUT2D eigenvalue weighted by atomic mass is 10.1. The molecule has 0 spiro atoms. The number of ether oxygens (including phenoxy) is 1. The van der Waals surface area contributed by atoms with Crippen molar-refractivity contribution in [3.05, 3.63) is 64.1 Å². The Morgan fingerprint density at radius 3 is 2.89 bits per heavy atom. The Balaban J connectivity index is 1.67. The van der Waals surface area contributed by atoms with Crippen LogP contribution in [0.25, 0.3) is 10.9 Å². The van der Waals surface area contributed by atoms with Crippen molar-refractivity contribution in [1.82, 2.24) is 9.97 Å². The molecule has 3 aromatic rings. The van der Waals surface area contributed by atoms with Crippen LogP contribution in [-0.4, -0.2) is 23.0 Å². The highest BCUT2D eigenvalue weighted by atomic mass is 35.5. The zero-order valence-electron chi connectivity index (χ0n) is 15.2. The molecule has 1 saturated carbocycles. The van der Waals surface area contributed by atoms with Gasteiger partial charge in [-0.3, -0.25) is 9.97 Å². The number of pyridine rings is 2. The van der Waals surface area contributed by atoms with Crippen LogP contribution in [0, 0.1) is 11.3 Å². The van der Waals surface area contributed by atoms with Gasteiger partial charge in [0.1, 0.15) is 6.07 Å². The fourth-order valence-electron chi connectivity index (χ4n) is 3.19. The van der Waals surface area contributed by atoms with E-state index in [4.69, 9.17) is 16.3 Å². The smallest absolute Gasteiger partial charge is 0.339 e. The molecule has 2 aromatic heterocycles. The van der Waals surface area contributed by atoms with Crippen LogP contribution in [0.15, 0.2) is 36.5 Å². The number of halogens is 1. The average molecular weight is 393 g/mol. The fourth-order valence-corrected chi connectivity index (χ4v) is 3.36. The summed E-state index contributed by atoms with van der Waals surface area (Å²) in [5, 5.41) is 14.1. The molecule has 1 aliphatic carbocycles. The Bertz CT molecular complexity index is 1120. The van der Waals surface area contributed by atoms with Crippen LogP contribution in [0.1, 0.15) is 46.1 Å². The number of nitrogens with one attached hydrogen (secondary N) is 1. The van der Waals surface area contributed by atoms with Gasteiger partial charge in [0.05, 0.1) is 47.4 Å². The lowest BCUT2D eigenvalue weighted by molar-refractivity contribution is 0.0598. The largest absolute Gasteiger partial charge is 0.465 e. The summed E-state index contributed by atoms with van der Waals surface area (Å²) in [7, 11) is 1.37. The number of hydrogen-bond acceptors (Lipinski definition) is 6. The molecule has 0 unspecified atom stereocenters. The van der Waals surface area contributed by atoms with Crippen LogP contribution in [-0.2, 0) is 11.3 Å². The highest BCUT2D eigenvalue weighted by Crippen LogP contribution is 2.41. The van der Waals surface area contributed by atoms with Crippen LogP contribution in [0.3, 0.4) is 0 Å². The maximum absolute atomic E-state index is 12.0. The van der Waals surface area contributed by atoms with Gasteiger partial charge in [0, 0.05) is 22.5 Å². The first kappa shape index (κ1) is 18.2. The van der Waals surface area contributed by atoms with E-state index in [1.807, 2.05) is 6.07 Å². The van der Waals surface area contributed by atoms with Crippen molar-refractivity contribution >= 4 is 34.2 Å². The molecule has 1 N–H and O–H groups in total. The van der Waals surface area contributed by atoms with Gasteiger partial charge >= 0.3 is 5.97 Å². The van der Waals surface area contributed by atoms with E-state index >= 15 is 0 Å². The summed E-state index contributed by atoms with van der Waals surface area (Å²) in [6, 6.07) is 11.1. The second-order valence-corrected chi connectivity index (χ2v) is 7.11. The summed E-state index contributed by atoms with van der Waals surface area (Å²) in [6.07, 6.45) is 3.60. The number of carbonyl (C=O) groups is 1. The molecule has 2 heterocycles. The number of hydrogen-bond donors (Lipinski definition) is 1. The van der Waals surface area contributed by atoms with Crippen LogP contribution >= 0.6 is 11.6 Å². The molecule has 0 radical (unpaired) electrons. The predicted molar refractivity (Wildman–Crippen MR) is 106 cm³/mol. The second-order valence-electron chi connectivity index (χ2n) is 6.67. The van der Waals surface area contributed by atoms with Crippen molar-refractivity contribution in [1.29, 1.82) is 5.26 Å². The van der Waals surface area contributed by atoms with Crippen molar-refractivity contribution < 1.29 is 9.53 Å². The maximum Gasteiger partial charge on any atom is 0.339 e. The summed E-state index contributed by atoms with van der Waals surface area (Å²) < 4.78 is 4.86. The van der Waals surface area contributed by atoms with Crippen molar-refractivity contribution in [2.75, 3.05) is 12.4 Å². The lowest BCUT2D eigenvalue weighted by Crippen LogP contribution is -2.11. The van der Waals surface area contributed by atoms with Gasteiger partial charge in [0.15, 0.2) is 0 Å². The van der Waals surface area contributed by atoms with Gasteiger partial charge in [-0.1, -0.05) is 11.6 Å². The number of benzene rings is 1. The minimum absolute atomic E-state index is 0.310. The van der Waals surface area contributed by atoms with Crippen LogP contribution in [0.2, 0.25) is 5.02 Å². The van der Waals surface area contributed by atoms with Crippen molar-refractivity contribution in [2.45, 2.75) is 25.3 Å².